The second kappa shape index (κ2) is 10.8. The van der Waals surface area contributed by atoms with Crippen molar-refractivity contribution in [2.75, 3.05) is 55.5 Å². The van der Waals surface area contributed by atoms with Crippen LogP contribution in [0.5, 0.6) is 0 Å². The molecule has 0 saturated carbocycles. The molecular formula is C28H37FN6O2. The lowest BCUT2D eigenvalue weighted by Crippen LogP contribution is -2.56. The summed E-state index contributed by atoms with van der Waals surface area (Å²) < 4.78 is 46.8. The molecule has 0 aliphatic carbocycles. The number of hydrogen-bond acceptors (Lipinski definition) is 8. The molecule has 8 nitrogen and oxygen atoms in total. The highest BCUT2D eigenvalue weighted by Gasteiger charge is 2.36. The van der Waals surface area contributed by atoms with Gasteiger partial charge in [-0.2, -0.15) is 4.98 Å². The fraction of sp³-hybridized carbons (Fsp3) is 0.536. The van der Waals surface area contributed by atoms with Gasteiger partial charge in [-0.25, -0.2) is 14.4 Å². The van der Waals surface area contributed by atoms with Crippen molar-refractivity contribution in [3.05, 3.63) is 42.2 Å². The van der Waals surface area contributed by atoms with E-state index >= 15 is 0 Å². The summed E-state index contributed by atoms with van der Waals surface area (Å²) in [4.78, 5) is 17.7. The lowest BCUT2D eigenvalue weighted by Gasteiger charge is -2.48. The molecular weight excluding hydrogens is 471 g/mol. The first kappa shape index (κ1) is 22.0. The number of anilines is 4. The Morgan fingerprint density at radius 3 is 2.78 bits per heavy atom. The number of alkyl halides is 1. The minimum atomic E-state index is -2.62. The molecule has 4 heterocycles. The first-order valence-electron chi connectivity index (χ1n) is 14.4. The van der Waals surface area contributed by atoms with Crippen LogP contribution in [0.2, 0.25) is 0 Å². The van der Waals surface area contributed by atoms with Gasteiger partial charge in [0, 0.05) is 62.7 Å². The van der Waals surface area contributed by atoms with Crippen LogP contribution in [0.3, 0.4) is 0 Å². The van der Waals surface area contributed by atoms with Gasteiger partial charge in [0.15, 0.2) is 0 Å². The van der Waals surface area contributed by atoms with E-state index < -0.39 is 19.3 Å². The Bertz CT molecular complexity index is 1340. The number of pyridine rings is 1. The lowest BCUT2D eigenvalue weighted by atomic mass is 9.88. The van der Waals surface area contributed by atoms with E-state index in [0.717, 1.165) is 23.9 Å². The van der Waals surface area contributed by atoms with Crippen LogP contribution in [0.15, 0.2) is 36.7 Å². The van der Waals surface area contributed by atoms with E-state index in [1.807, 2.05) is 6.20 Å². The number of aromatic nitrogens is 3. The van der Waals surface area contributed by atoms with E-state index in [9.17, 15) is 4.39 Å². The molecule has 5 rings (SSSR count). The topological polar surface area (TPSA) is 75.6 Å². The Balaban J connectivity index is 1.35. The van der Waals surface area contributed by atoms with Gasteiger partial charge in [0.05, 0.1) is 23.4 Å². The smallest absolute Gasteiger partial charge is 0.227 e. The number of fused-ring (bicyclic) bond motifs is 1. The number of benzene rings is 1. The van der Waals surface area contributed by atoms with Gasteiger partial charge < -0.3 is 24.6 Å². The largest absolute Gasteiger partial charge is 0.384 e. The number of methoxy groups -OCH3 is 2. The van der Waals surface area contributed by atoms with Gasteiger partial charge in [0.2, 0.25) is 5.95 Å². The molecule has 2 aliphatic rings. The van der Waals surface area contributed by atoms with Crippen molar-refractivity contribution in [1.82, 2.24) is 15.0 Å². The van der Waals surface area contributed by atoms with Gasteiger partial charge in [0.1, 0.15) is 17.8 Å². The van der Waals surface area contributed by atoms with Crippen LogP contribution in [0.4, 0.5) is 27.7 Å². The predicted octanol–water partition coefficient (Wildman–Crippen LogP) is 4.93. The molecule has 198 valence electrons. The van der Waals surface area contributed by atoms with E-state index in [2.05, 4.69) is 59.2 Å². The van der Waals surface area contributed by atoms with E-state index in [0.29, 0.717) is 42.0 Å². The van der Waals surface area contributed by atoms with Gasteiger partial charge in [0.25, 0.3) is 0 Å². The highest BCUT2D eigenvalue weighted by atomic mass is 19.1. The molecule has 2 fully saturated rings. The van der Waals surface area contributed by atoms with Crippen molar-refractivity contribution in [2.45, 2.75) is 51.4 Å². The van der Waals surface area contributed by atoms with Crippen molar-refractivity contribution in [2.24, 2.45) is 5.92 Å². The molecule has 4 atom stereocenters. The number of ether oxygens (including phenoxy) is 2. The monoisotopic (exact) mass is 511 g/mol. The van der Waals surface area contributed by atoms with Crippen LogP contribution >= 0.6 is 0 Å². The van der Waals surface area contributed by atoms with E-state index in [1.165, 1.54) is 11.3 Å². The third-order valence-electron chi connectivity index (χ3n) is 7.64. The van der Waals surface area contributed by atoms with Crippen molar-refractivity contribution >= 4 is 34.0 Å². The van der Waals surface area contributed by atoms with Crippen LogP contribution < -0.4 is 15.1 Å². The molecule has 2 saturated heterocycles. The Kier molecular flexibility index (Phi) is 6.39. The van der Waals surface area contributed by atoms with Crippen LogP contribution in [-0.2, 0) is 9.47 Å². The zero-order valence-corrected chi connectivity index (χ0v) is 21.8. The Hall–Kier alpha value is -3.04. The zero-order valence-electron chi connectivity index (χ0n) is 24.8. The van der Waals surface area contributed by atoms with Crippen molar-refractivity contribution in [1.29, 1.82) is 0 Å². The summed E-state index contributed by atoms with van der Waals surface area (Å²) in [6, 6.07) is 8.59. The maximum absolute atomic E-state index is 14.7. The molecule has 1 aromatic carbocycles. The van der Waals surface area contributed by atoms with E-state index in [1.54, 1.807) is 24.3 Å². The zero-order chi connectivity index (χ0) is 28.6. The predicted molar refractivity (Wildman–Crippen MR) is 146 cm³/mol. The Morgan fingerprint density at radius 2 is 2.05 bits per heavy atom. The fourth-order valence-corrected chi connectivity index (χ4v) is 5.38. The number of hydrogen-bond donors (Lipinski definition) is 1. The number of nitrogens with zero attached hydrogens (tertiary/aromatic N) is 5. The quantitative estimate of drug-likeness (QED) is 0.457. The lowest BCUT2D eigenvalue weighted by molar-refractivity contribution is 0.0194. The second-order valence-corrected chi connectivity index (χ2v) is 10.3. The molecule has 1 N–H and O–H groups in total. The first-order chi connectivity index (χ1) is 19.0. The van der Waals surface area contributed by atoms with Gasteiger partial charge >= 0.3 is 0 Å². The molecule has 0 unspecified atom stereocenters. The van der Waals surface area contributed by atoms with Crippen molar-refractivity contribution in [3.63, 3.8) is 0 Å². The van der Waals surface area contributed by atoms with Gasteiger partial charge in [-0.15, -0.1) is 0 Å². The maximum atomic E-state index is 14.7. The average Bonchev–Trinajstić information content (AvgIpc) is 2.90. The molecule has 2 aromatic heterocycles. The molecule has 0 bridgehead atoms. The maximum Gasteiger partial charge on any atom is 0.227 e. The Morgan fingerprint density at radius 1 is 1.19 bits per heavy atom. The molecule has 0 radical (unpaired) electrons. The summed E-state index contributed by atoms with van der Waals surface area (Å²) in [6.45, 7) is 8.66. The summed E-state index contributed by atoms with van der Waals surface area (Å²) in [5, 5.41) is 5.54. The molecule has 9 heteroatoms. The standard InChI is InChI=1S/C28H37FN6O2/c1-17(2)20-6-7-24(35-14-19(16-36-4)18(35)3)22-13-31-27(12-21(20)22)32-26-8-10-30-28(33-26)34-11-9-25(37-5)23(29)15-34/h6-8,10,12-13,17-19,23,25H,9,11,14-16H2,1-5H3,(H,30,31,32,33)/t18-,19-,23+,25-/m1/s1/i5D3. The highest BCUT2D eigenvalue weighted by molar-refractivity contribution is 5.98. The minimum absolute atomic E-state index is 0.0425. The van der Waals surface area contributed by atoms with Crippen molar-refractivity contribution < 1.29 is 18.0 Å². The van der Waals surface area contributed by atoms with Gasteiger partial charge in [-0.05, 0) is 48.4 Å². The molecule has 0 spiro atoms. The normalized spacial score (nSPS) is 25.5. The van der Waals surface area contributed by atoms with Crippen LogP contribution in [0, 0.1) is 5.92 Å². The number of halogens is 1. The third kappa shape index (κ3) is 5.07. The summed E-state index contributed by atoms with van der Waals surface area (Å²) >= 11 is 0. The summed E-state index contributed by atoms with van der Waals surface area (Å²) in [7, 11) is -0.875. The van der Waals surface area contributed by atoms with Gasteiger partial charge in [-0.3, -0.25) is 0 Å². The summed E-state index contributed by atoms with van der Waals surface area (Å²) in [5.41, 5.74) is 2.42. The van der Waals surface area contributed by atoms with Crippen molar-refractivity contribution in [3.8, 4) is 0 Å². The highest BCUT2D eigenvalue weighted by Crippen LogP contribution is 2.39. The SMILES string of the molecule is [2H]C([2H])([2H])O[C@@H]1CCN(c2nccc(Nc3cc4c(C(C)C)ccc(N5C[C@H](COC)[C@H]5C)c4cn3)n2)C[C@@H]1F. The molecule has 3 aromatic rings. The minimum Gasteiger partial charge on any atom is -0.384 e. The van der Waals surface area contributed by atoms with E-state index in [-0.39, 0.29) is 13.0 Å². The Labute approximate surface area is 222 Å². The molecule has 0 amide bonds. The number of piperidine rings is 1. The fourth-order valence-electron chi connectivity index (χ4n) is 5.38. The average molecular weight is 512 g/mol. The third-order valence-corrected chi connectivity index (χ3v) is 7.64. The first-order valence-corrected chi connectivity index (χ1v) is 12.9. The number of nitrogens with one attached hydrogen (secondary N) is 1. The molecule has 37 heavy (non-hydrogen) atoms. The van der Waals surface area contributed by atoms with Gasteiger partial charge in [-0.1, -0.05) is 19.9 Å². The number of rotatable bonds is 8. The van der Waals surface area contributed by atoms with Crippen LogP contribution in [0.1, 0.15) is 42.8 Å². The van der Waals surface area contributed by atoms with E-state index in [4.69, 9.17) is 18.6 Å². The second-order valence-electron chi connectivity index (χ2n) is 10.3. The summed E-state index contributed by atoms with van der Waals surface area (Å²) in [6.07, 6.45) is 1.33. The molecule has 2 aliphatic heterocycles. The van der Waals surface area contributed by atoms with Crippen LogP contribution in [-0.4, -0.2) is 73.7 Å². The van der Waals surface area contributed by atoms with Crippen LogP contribution in [0.25, 0.3) is 10.8 Å². The summed E-state index contributed by atoms with van der Waals surface area (Å²) in [5.74, 6) is 2.40.